The number of carbonyl (C=O) groups is 3. The molecule has 3 amide bonds. The largest absolute Gasteiger partial charge is 0.447 e. The monoisotopic (exact) mass is 230 g/mol. The number of nitrogens with zero attached hydrogens (tertiary/aromatic N) is 1. The van der Waals surface area contributed by atoms with E-state index in [9.17, 15) is 14.4 Å². The van der Waals surface area contributed by atoms with Crippen LogP contribution in [-0.4, -0.2) is 53.7 Å². The highest BCUT2D eigenvalue weighted by molar-refractivity contribution is 6.03. The van der Waals surface area contributed by atoms with Gasteiger partial charge in [0.1, 0.15) is 19.2 Å². The summed E-state index contributed by atoms with van der Waals surface area (Å²) in [5.41, 5.74) is 0. The van der Waals surface area contributed by atoms with Crippen molar-refractivity contribution < 1.29 is 24.2 Å². The van der Waals surface area contributed by atoms with Crippen LogP contribution in [0.4, 0.5) is 4.79 Å². The number of amides is 3. The molecule has 1 aliphatic rings. The summed E-state index contributed by atoms with van der Waals surface area (Å²) >= 11 is 0. The van der Waals surface area contributed by atoms with E-state index in [1.807, 2.05) is 0 Å². The highest BCUT2D eigenvalue weighted by Gasteiger charge is 2.36. The highest BCUT2D eigenvalue weighted by atomic mass is 16.6. The molecular weight excluding hydrogens is 216 g/mol. The lowest BCUT2D eigenvalue weighted by molar-refractivity contribution is -0.139. The van der Waals surface area contributed by atoms with Crippen molar-refractivity contribution in [2.45, 2.75) is 19.4 Å². The molecule has 0 aromatic carbocycles. The number of aliphatic hydroxyl groups is 1. The molecule has 0 aromatic heterocycles. The smallest absolute Gasteiger partial charge is 0.411 e. The molecule has 0 aliphatic carbocycles. The molecule has 0 spiro atoms. The second-order valence-corrected chi connectivity index (χ2v) is 3.30. The average molecular weight is 230 g/mol. The van der Waals surface area contributed by atoms with Crippen LogP contribution >= 0.6 is 0 Å². The van der Waals surface area contributed by atoms with Crippen LogP contribution in [0.2, 0.25) is 0 Å². The number of hydrogen-bond donors (Lipinski definition) is 2. The second kappa shape index (κ2) is 5.45. The average Bonchev–Trinajstić information content (AvgIpc) is 2.24. The third-order valence-corrected chi connectivity index (χ3v) is 2.19. The minimum atomic E-state index is -0.760. The van der Waals surface area contributed by atoms with E-state index in [1.54, 1.807) is 6.92 Å². The van der Waals surface area contributed by atoms with Gasteiger partial charge in [0.25, 0.3) is 0 Å². The van der Waals surface area contributed by atoms with E-state index in [0.29, 0.717) is 6.42 Å². The van der Waals surface area contributed by atoms with Gasteiger partial charge >= 0.3 is 6.09 Å². The van der Waals surface area contributed by atoms with Crippen LogP contribution in [0, 0.1) is 0 Å². The Labute approximate surface area is 92.4 Å². The molecule has 1 heterocycles. The molecule has 0 aromatic rings. The maximum atomic E-state index is 11.5. The highest BCUT2D eigenvalue weighted by Crippen LogP contribution is 2.10. The number of hydrogen-bond acceptors (Lipinski definition) is 5. The first-order chi connectivity index (χ1) is 7.60. The quantitative estimate of drug-likeness (QED) is 0.597. The van der Waals surface area contributed by atoms with Crippen molar-refractivity contribution >= 4 is 17.9 Å². The summed E-state index contributed by atoms with van der Waals surface area (Å²) in [4.78, 5) is 35.0. The summed E-state index contributed by atoms with van der Waals surface area (Å²) in [6.07, 6.45) is -0.364. The van der Waals surface area contributed by atoms with Crippen LogP contribution in [0.25, 0.3) is 0 Å². The topological polar surface area (TPSA) is 95.9 Å². The summed E-state index contributed by atoms with van der Waals surface area (Å²) in [6.45, 7) is 1.08. The van der Waals surface area contributed by atoms with Gasteiger partial charge in [-0.15, -0.1) is 0 Å². The van der Waals surface area contributed by atoms with Crippen LogP contribution in [0.5, 0.6) is 0 Å². The molecule has 0 saturated carbocycles. The van der Waals surface area contributed by atoms with Crippen LogP contribution in [0.1, 0.15) is 13.3 Å². The van der Waals surface area contributed by atoms with E-state index < -0.39 is 23.9 Å². The fraction of sp³-hybridized carbons (Fsp3) is 0.667. The number of piperazine rings is 1. The molecule has 1 rings (SSSR count). The van der Waals surface area contributed by atoms with Crippen LogP contribution in [0.15, 0.2) is 0 Å². The summed E-state index contributed by atoms with van der Waals surface area (Å²) in [6, 6.07) is -0.691. The number of rotatable bonds is 3. The molecule has 2 N–H and O–H groups in total. The van der Waals surface area contributed by atoms with Crippen molar-refractivity contribution in [2.24, 2.45) is 0 Å². The first-order valence-corrected chi connectivity index (χ1v) is 4.98. The molecule has 1 saturated heterocycles. The Kier molecular flexibility index (Phi) is 4.24. The fourth-order valence-corrected chi connectivity index (χ4v) is 1.48. The zero-order chi connectivity index (χ0) is 12.1. The predicted molar refractivity (Wildman–Crippen MR) is 52.4 cm³/mol. The Morgan fingerprint density at radius 2 is 2.31 bits per heavy atom. The summed E-state index contributed by atoms with van der Waals surface area (Å²) in [5.74, 6) is -1.03. The normalized spacial score (nSPS) is 20.6. The number of aliphatic hydroxyl groups excluding tert-OH is 1. The lowest BCUT2D eigenvalue weighted by Gasteiger charge is -2.32. The van der Waals surface area contributed by atoms with Gasteiger partial charge in [0.15, 0.2) is 0 Å². The molecule has 90 valence electrons. The molecule has 0 bridgehead atoms. The van der Waals surface area contributed by atoms with Gasteiger partial charge in [0.2, 0.25) is 11.8 Å². The van der Waals surface area contributed by atoms with Gasteiger partial charge in [-0.2, -0.15) is 0 Å². The first kappa shape index (κ1) is 12.4. The Hall–Kier alpha value is -1.63. The summed E-state index contributed by atoms with van der Waals surface area (Å²) < 4.78 is 4.66. The predicted octanol–water partition coefficient (Wildman–Crippen LogP) is -1.15. The Balaban J connectivity index is 2.70. The molecule has 1 fully saturated rings. The van der Waals surface area contributed by atoms with E-state index in [2.05, 4.69) is 10.1 Å². The molecule has 16 heavy (non-hydrogen) atoms. The number of ether oxygens (including phenoxy) is 1. The Morgan fingerprint density at radius 3 is 2.88 bits per heavy atom. The molecule has 1 unspecified atom stereocenters. The van der Waals surface area contributed by atoms with Crippen molar-refractivity contribution in [1.29, 1.82) is 0 Å². The third-order valence-electron chi connectivity index (χ3n) is 2.19. The van der Waals surface area contributed by atoms with Crippen LogP contribution < -0.4 is 5.32 Å². The summed E-state index contributed by atoms with van der Waals surface area (Å²) in [5, 5.41) is 10.6. The SMILES string of the molecule is CCC1C(=O)NC(=O)CN1C(=O)OCCO. The molecule has 7 nitrogen and oxygen atoms in total. The Bertz CT molecular complexity index is 304. The first-order valence-electron chi connectivity index (χ1n) is 4.98. The van der Waals surface area contributed by atoms with E-state index in [1.165, 1.54) is 0 Å². The number of nitrogens with one attached hydrogen (secondary N) is 1. The van der Waals surface area contributed by atoms with Crippen molar-refractivity contribution in [1.82, 2.24) is 10.2 Å². The standard InChI is InChI=1S/C9H14N2O5/c1-2-6-8(14)10-7(13)5-11(6)9(15)16-4-3-12/h6,12H,2-5H2,1H3,(H,10,13,14). The maximum Gasteiger partial charge on any atom is 0.411 e. The lowest BCUT2D eigenvalue weighted by Crippen LogP contribution is -2.59. The van der Waals surface area contributed by atoms with Crippen molar-refractivity contribution in [3.63, 3.8) is 0 Å². The van der Waals surface area contributed by atoms with Crippen molar-refractivity contribution in [3.8, 4) is 0 Å². The van der Waals surface area contributed by atoms with Gasteiger partial charge in [0, 0.05) is 0 Å². The van der Waals surface area contributed by atoms with Gasteiger partial charge < -0.3 is 9.84 Å². The van der Waals surface area contributed by atoms with Crippen LogP contribution in [-0.2, 0) is 14.3 Å². The van der Waals surface area contributed by atoms with Gasteiger partial charge in [-0.05, 0) is 6.42 Å². The maximum absolute atomic E-state index is 11.5. The van der Waals surface area contributed by atoms with Gasteiger partial charge in [-0.3, -0.25) is 19.8 Å². The second-order valence-electron chi connectivity index (χ2n) is 3.30. The summed E-state index contributed by atoms with van der Waals surface area (Å²) in [7, 11) is 0. The molecular formula is C9H14N2O5. The van der Waals surface area contributed by atoms with Gasteiger partial charge in [-0.25, -0.2) is 4.79 Å². The van der Waals surface area contributed by atoms with E-state index in [-0.39, 0.29) is 19.8 Å². The Morgan fingerprint density at radius 1 is 1.62 bits per heavy atom. The van der Waals surface area contributed by atoms with E-state index >= 15 is 0 Å². The van der Waals surface area contributed by atoms with E-state index in [0.717, 1.165) is 4.90 Å². The van der Waals surface area contributed by atoms with E-state index in [4.69, 9.17) is 5.11 Å². The number of imide groups is 1. The number of carbonyl (C=O) groups excluding carboxylic acids is 3. The minimum Gasteiger partial charge on any atom is -0.447 e. The zero-order valence-corrected chi connectivity index (χ0v) is 8.93. The third kappa shape index (κ3) is 2.69. The van der Waals surface area contributed by atoms with Crippen molar-refractivity contribution in [3.05, 3.63) is 0 Å². The fourth-order valence-electron chi connectivity index (χ4n) is 1.48. The molecule has 1 aliphatic heterocycles. The minimum absolute atomic E-state index is 0.151. The molecule has 1 atom stereocenters. The van der Waals surface area contributed by atoms with Crippen molar-refractivity contribution in [2.75, 3.05) is 19.8 Å². The van der Waals surface area contributed by atoms with Gasteiger partial charge in [-0.1, -0.05) is 6.92 Å². The molecule has 0 radical (unpaired) electrons. The van der Waals surface area contributed by atoms with Crippen LogP contribution in [0.3, 0.4) is 0 Å². The lowest BCUT2D eigenvalue weighted by atomic mass is 10.1. The molecule has 7 heteroatoms. The van der Waals surface area contributed by atoms with Gasteiger partial charge in [0.05, 0.1) is 6.61 Å². The zero-order valence-electron chi connectivity index (χ0n) is 8.93.